The van der Waals surface area contributed by atoms with Crippen LogP contribution in [0.4, 0.5) is 0 Å². The molecule has 0 spiro atoms. The number of nitrogens with two attached hydrogens (primary N) is 1. The summed E-state index contributed by atoms with van der Waals surface area (Å²) in [5, 5.41) is 8.74. The van der Waals surface area contributed by atoms with Crippen molar-refractivity contribution < 1.29 is 14.6 Å². The molecule has 0 amide bonds. The zero-order valence-electron chi connectivity index (χ0n) is 11.0. The van der Waals surface area contributed by atoms with E-state index in [9.17, 15) is 4.79 Å². The number of carbonyl (C=O) groups is 1. The van der Waals surface area contributed by atoms with Gasteiger partial charge in [-0.2, -0.15) is 0 Å². The fraction of sp³-hybridized carbons (Fsp3) is 0.462. The van der Waals surface area contributed by atoms with Gasteiger partial charge in [-0.3, -0.25) is 9.69 Å². The highest BCUT2D eigenvalue weighted by molar-refractivity contribution is 5.73. The second-order valence-electron chi connectivity index (χ2n) is 4.45. The van der Waals surface area contributed by atoms with Crippen LogP contribution in [-0.2, 0) is 11.3 Å². The molecule has 0 heterocycles. The minimum Gasteiger partial charge on any atom is -0.496 e. The third kappa shape index (κ3) is 4.01. The Balaban J connectivity index is 2.62. The quantitative estimate of drug-likeness (QED) is 0.785. The van der Waals surface area contributed by atoms with Gasteiger partial charge in [-0.05, 0) is 31.2 Å². The number of methoxy groups -OCH3 is 1. The highest BCUT2D eigenvalue weighted by Gasteiger charge is 2.14. The minimum absolute atomic E-state index is 0.320. The molecule has 3 N–H and O–H groups in total. The Hall–Kier alpha value is -1.59. The van der Waals surface area contributed by atoms with Crippen molar-refractivity contribution in [3.8, 4) is 5.75 Å². The lowest BCUT2D eigenvalue weighted by Gasteiger charge is -2.19. The van der Waals surface area contributed by atoms with Crippen LogP contribution >= 0.6 is 0 Å². The van der Waals surface area contributed by atoms with E-state index in [1.54, 1.807) is 7.11 Å². The summed E-state index contributed by atoms with van der Waals surface area (Å²) in [5.41, 5.74) is 7.65. The highest BCUT2D eigenvalue weighted by atomic mass is 16.5. The molecule has 0 aromatic heterocycles. The van der Waals surface area contributed by atoms with E-state index < -0.39 is 12.0 Å². The third-order valence-electron chi connectivity index (χ3n) is 2.74. The van der Waals surface area contributed by atoms with Gasteiger partial charge in [-0.15, -0.1) is 0 Å². The Bertz CT molecular complexity index is 421. The summed E-state index contributed by atoms with van der Waals surface area (Å²) in [6.07, 6.45) is 0. The number of likely N-dealkylation sites (N-methyl/N-ethyl adjacent to an activating group) is 1. The number of aliphatic carboxylic acids is 1. The average molecular weight is 252 g/mol. The monoisotopic (exact) mass is 252 g/mol. The van der Waals surface area contributed by atoms with E-state index in [0.717, 1.165) is 16.9 Å². The molecule has 5 nitrogen and oxygen atoms in total. The summed E-state index contributed by atoms with van der Waals surface area (Å²) in [6, 6.07) is 5.06. The van der Waals surface area contributed by atoms with E-state index in [1.807, 2.05) is 37.1 Å². The van der Waals surface area contributed by atoms with E-state index in [1.165, 1.54) is 0 Å². The van der Waals surface area contributed by atoms with Crippen molar-refractivity contribution in [3.05, 3.63) is 29.3 Å². The average Bonchev–Trinajstić information content (AvgIpc) is 2.28. The van der Waals surface area contributed by atoms with Crippen LogP contribution in [0.1, 0.15) is 11.1 Å². The fourth-order valence-corrected chi connectivity index (χ4v) is 1.83. The largest absolute Gasteiger partial charge is 0.496 e. The summed E-state index contributed by atoms with van der Waals surface area (Å²) in [6.45, 7) is 2.96. The Morgan fingerprint density at radius 3 is 2.72 bits per heavy atom. The van der Waals surface area contributed by atoms with E-state index in [0.29, 0.717) is 13.1 Å². The maximum absolute atomic E-state index is 10.7. The maximum atomic E-state index is 10.7. The molecule has 1 atom stereocenters. The fourth-order valence-electron chi connectivity index (χ4n) is 1.83. The Morgan fingerprint density at radius 2 is 2.22 bits per heavy atom. The predicted octanol–water partition coefficient (Wildman–Crippen LogP) is 0.847. The standard InChI is InChI=1S/C13H20N2O3/c1-9-6-10(4-5-12(9)18-3)7-15(2)8-11(14)13(16)17/h4-6,11H,7-8,14H2,1-3H3,(H,16,17). The molecule has 0 fully saturated rings. The summed E-state index contributed by atoms with van der Waals surface area (Å²) in [5.74, 6) is -0.128. The van der Waals surface area contributed by atoms with Crippen LogP contribution in [0, 0.1) is 6.92 Å². The van der Waals surface area contributed by atoms with Gasteiger partial charge in [0.2, 0.25) is 0 Å². The molecule has 0 aliphatic rings. The predicted molar refractivity (Wildman–Crippen MR) is 69.7 cm³/mol. The summed E-state index contributed by atoms with van der Waals surface area (Å²) in [7, 11) is 3.49. The molecule has 1 aromatic rings. The van der Waals surface area contributed by atoms with E-state index in [4.69, 9.17) is 15.6 Å². The van der Waals surface area contributed by atoms with Gasteiger partial charge in [0.1, 0.15) is 11.8 Å². The molecule has 0 bridgehead atoms. The first kappa shape index (κ1) is 14.5. The summed E-state index contributed by atoms with van der Waals surface area (Å²) >= 11 is 0. The molecule has 0 radical (unpaired) electrons. The SMILES string of the molecule is COc1ccc(CN(C)CC(N)C(=O)O)cc1C. The summed E-state index contributed by atoms with van der Waals surface area (Å²) < 4.78 is 5.19. The van der Waals surface area contributed by atoms with Gasteiger partial charge in [-0.1, -0.05) is 12.1 Å². The van der Waals surface area contributed by atoms with E-state index in [2.05, 4.69) is 0 Å². The van der Waals surface area contributed by atoms with E-state index >= 15 is 0 Å². The van der Waals surface area contributed by atoms with Crippen molar-refractivity contribution in [1.82, 2.24) is 4.90 Å². The maximum Gasteiger partial charge on any atom is 0.321 e. The van der Waals surface area contributed by atoms with Gasteiger partial charge < -0.3 is 15.6 Å². The normalized spacial score (nSPS) is 12.5. The van der Waals surface area contributed by atoms with Crippen LogP contribution in [0.2, 0.25) is 0 Å². The number of aryl methyl sites for hydroxylation is 1. The number of rotatable bonds is 6. The number of hydrogen-bond donors (Lipinski definition) is 2. The van der Waals surface area contributed by atoms with Crippen LogP contribution in [0.3, 0.4) is 0 Å². The third-order valence-corrected chi connectivity index (χ3v) is 2.74. The molecule has 5 heteroatoms. The van der Waals surface area contributed by atoms with Crippen LogP contribution in [0.25, 0.3) is 0 Å². The van der Waals surface area contributed by atoms with Gasteiger partial charge in [-0.25, -0.2) is 0 Å². The van der Waals surface area contributed by atoms with Crippen LogP contribution < -0.4 is 10.5 Å². The number of nitrogens with zero attached hydrogens (tertiary/aromatic N) is 1. The molecule has 1 rings (SSSR count). The van der Waals surface area contributed by atoms with Crippen LogP contribution in [0.15, 0.2) is 18.2 Å². The lowest BCUT2D eigenvalue weighted by molar-refractivity contribution is -0.138. The second-order valence-corrected chi connectivity index (χ2v) is 4.45. The second kappa shape index (κ2) is 6.37. The van der Waals surface area contributed by atoms with Crippen molar-refractivity contribution >= 4 is 5.97 Å². The van der Waals surface area contributed by atoms with Crippen molar-refractivity contribution in [2.24, 2.45) is 5.73 Å². The first-order chi connectivity index (χ1) is 8.43. The molecular weight excluding hydrogens is 232 g/mol. The van der Waals surface area contributed by atoms with Gasteiger partial charge in [0.25, 0.3) is 0 Å². The zero-order valence-corrected chi connectivity index (χ0v) is 11.0. The molecule has 100 valence electrons. The number of ether oxygens (including phenoxy) is 1. The molecule has 0 aliphatic carbocycles. The number of benzene rings is 1. The lowest BCUT2D eigenvalue weighted by atomic mass is 10.1. The highest BCUT2D eigenvalue weighted by Crippen LogP contribution is 2.19. The molecule has 18 heavy (non-hydrogen) atoms. The van der Waals surface area contributed by atoms with Gasteiger partial charge in [0.05, 0.1) is 7.11 Å². The zero-order chi connectivity index (χ0) is 13.7. The van der Waals surface area contributed by atoms with Gasteiger partial charge in [0.15, 0.2) is 0 Å². The molecule has 1 unspecified atom stereocenters. The van der Waals surface area contributed by atoms with Gasteiger partial charge >= 0.3 is 5.97 Å². The Labute approximate surface area is 107 Å². The molecular formula is C13H20N2O3. The van der Waals surface area contributed by atoms with Crippen LogP contribution in [-0.4, -0.2) is 42.7 Å². The van der Waals surface area contributed by atoms with Crippen molar-refractivity contribution in [2.45, 2.75) is 19.5 Å². The molecule has 1 aromatic carbocycles. The van der Waals surface area contributed by atoms with Crippen molar-refractivity contribution in [3.63, 3.8) is 0 Å². The summed E-state index contributed by atoms with van der Waals surface area (Å²) in [4.78, 5) is 12.5. The first-order valence-corrected chi connectivity index (χ1v) is 5.74. The number of hydrogen-bond acceptors (Lipinski definition) is 4. The van der Waals surface area contributed by atoms with Crippen LogP contribution in [0.5, 0.6) is 5.75 Å². The smallest absolute Gasteiger partial charge is 0.321 e. The lowest BCUT2D eigenvalue weighted by Crippen LogP contribution is -2.40. The van der Waals surface area contributed by atoms with Crippen molar-refractivity contribution in [2.75, 3.05) is 20.7 Å². The Morgan fingerprint density at radius 1 is 1.56 bits per heavy atom. The Kier molecular flexibility index (Phi) is 5.12. The minimum atomic E-state index is -0.979. The van der Waals surface area contributed by atoms with Crippen molar-refractivity contribution in [1.29, 1.82) is 0 Å². The van der Waals surface area contributed by atoms with Gasteiger partial charge in [0, 0.05) is 13.1 Å². The van der Waals surface area contributed by atoms with E-state index in [-0.39, 0.29) is 0 Å². The topological polar surface area (TPSA) is 75.8 Å². The number of carboxylic acid groups (broad SMARTS) is 1. The molecule has 0 aliphatic heterocycles. The first-order valence-electron chi connectivity index (χ1n) is 5.74. The number of carboxylic acids is 1. The molecule has 0 saturated carbocycles. The molecule has 0 saturated heterocycles.